The molecule has 4 heteroatoms. The molecule has 1 fully saturated rings. The van der Waals surface area contributed by atoms with Gasteiger partial charge in [-0.15, -0.1) is 0 Å². The Morgan fingerprint density at radius 1 is 1.13 bits per heavy atom. The summed E-state index contributed by atoms with van der Waals surface area (Å²) in [6, 6.07) is 12.5. The number of thiocarbonyl (C=S) groups is 1. The molecule has 2 aromatic rings. The Kier molecular flexibility index (Phi) is 4.62. The first-order valence-electron chi connectivity index (χ1n) is 8.17. The van der Waals surface area contributed by atoms with Crippen molar-refractivity contribution in [3.63, 3.8) is 0 Å². The van der Waals surface area contributed by atoms with Gasteiger partial charge in [-0.25, -0.2) is 0 Å². The van der Waals surface area contributed by atoms with Gasteiger partial charge in [-0.1, -0.05) is 31.0 Å². The Balaban J connectivity index is 1.78. The van der Waals surface area contributed by atoms with Crippen LogP contribution in [0.2, 0.25) is 0 Å². The molecule has 0 amide bonds. The van der Waals surface area contributed by atoms with Crippen LogP contribution in [0.4, 0.5) is 5.69 Å². The fourth-order valence-electron chi connectivity index (χ4n) is 3.31. The highest BCUT2D eigenvalue weighted by Crippen LogP contribution is 2.37. The molecule has 1 saturated carbocycles. The van der Waals surface area contributed by atoms with Crippen LogP contribution in [0.1, 0.15) is 42.5 Å². The molecule has 2 N–H and O–H groups in total. The number of rotatable bonds is 3. The van der Waals surface area contributed by atoms with E-state index in [2.05, 4.69) is 53.7 Å². The second-order valence-corrected chi connectivity index (χ2v) is 6.81. The Hall–Kier alpha value is -1.94. The third kappa shape index (κ3) is 3.53. The maximum absolute atomic E-state index is 5.60. The van der Waals surface area contributed by atoms with Gasteiger partial charge in [-0.2, -0.15) is 0 Å². The maximum Gasteiger partial charge on any atom is 0.171 e. The lowest BCUT2D eigenvalue weighted by Gasteiger charge is -2.31. The van der Waals surface area contributed by atoms with Crippen molar-refractivity contribution < 1.29 is 0 Å². The van der Waals surface area contributed by atoms with Gasteiger partial charge in [0.15, 0.2) is 5.11 Å². The zero-order valence-electron chi connectivity index (χ0n) is 13.7. The Labute approximate surface area is 143 Å². The molecule has 0 saturated heterocycles. The van der Waals surface area contributed by atoms with Crippen LogP contribution in [0.5, 0.6) is 0 Å². The molecule has 0 radical (unpaired) electrons. The molecular weight excluding hydrogens is 302 g/mol. The summed E-state index contributed by atoms with van der Waals surface area (Å²) < 4.78 is 0. The smallest absolute Gasteiger partial charge is 0.171 e. The van der Waals surface area contributed by atoms with E-state index < -0.39 is 0 Å². The van der Waals surface area contributed by atoms with E-state index in [0.717, 1.165) is 24.2 Å². The van der Waals surface area contributed by atoms with Crippen LogP contribution in [-0.2, 0) is 5.54 Å². The number of anilines is 1. The van der Waals surface area contributed by atoms with Crippen LogP contribution < -0.4 is 10.6 Å². The molecule has 1 aliphatic carbocycles. The van der Waals surface area contributed by atoms with Crippen LogP contribution in [0.15, 0.2) is 42.6 Å². The van der Waals surface area contributed by atoms with E-state index in [1.165, 1.54) is 24.0 Å². The zero-order chi connectivity index (χ0) is 16.3. The van der Waals surface area contributed by atoms with Crippen molar-refractivity contribution in [2.24, 2.45) is 0 Å². The number of benzene rings is 1. The molecule has 3 nitrogen and oxygen atoms in total. The van der Waals surface area contributed by atoms with Crippen molar-refractivity contribution in [3.05, 3.63) is 59.4 Å². The predicted molar refractivity (Wildman–Crippen MR) is 99.7 cm³/mol. The molecule has 23 heavy (non-hydrogen) atoms. The van der Waals surface area contributed by atoms with Crippen molar-refractivity contribution in [3.8, 4) is 0 Å². The summed E-state index contributed by atoms with van der Waals surface area (Å²) in [5.74, 6) is 0. The standard InChI is InChI=1S/C19H23N3S/c1-14-8-9-15(2)16(13-14)21-18(23)22-19(10-4-5-11-19)17-7-3-6-12-20-17/h3,6-9,12-13H,4-5,10-11H2,1-2H3,(H2,21,22,23). The Bertz CT molecular complexity index is 691. The minimum Gasteiger partial charge on any atom is -0.351 e. The van der Waals surface area contributed by atoms with Crippen LogP contribution in [0.3, 0.4) is 0 Å². The maximum atomic E-state index is 5.60. The van der Waals surface area contributed by atoms with E-state index in [0.29, 0.717) is 5.11 Å². The summed E-state index contributed by atoms with van der Waals surface area (Å²) in [4.78, 5) is 4.57. The second-order valence-electron chi connectivity index (χ2n) is 6.40. The van der Waals surface area contributed by atoms with E-state index in [1.54, 1.807) is 0 Å². The first kappa shape index (κ1) is 15.9. The highest BCUT2D eigenvalue weighted by molar-refractivity contribution is 7.80. The molecule has 1 aromatic carbocycles. The van der Waals surface area contributed by atoms with Crippen molar-refractivity contribution in [2.45, 2.75) is 45.1 Å². The SMILES string of the molecule is Cc1ccc(C)c(NC(=S)NC2(c3ccccn3)CCCC2)c1. The molecule has 0 unspecified atom stereocenters. The minimum absolute atomic E-state index is 0.136. The summed E-state index contributed by atoms with van der Waals surface area (Å²) in [7, 11) is 0. The summed E-state index contributed by atoms with van der Waals surface area (Å²) in [6.45, 7) is 4.18. The van der Waals surface area contributed by atoms with Crippen LogP contribution in [-0.4, -0.2) is 10.1 Å². The molecule has 0 atom stereocenters. The number of hydrogen-bond acceptors (Lipinski definition) is 2. The van der Waals surface area contributed by atoms with E-state index >= 15 is 0 Å². The number of nitrogens with one attached hydrogen (secondary N) is 2. The van der Waals surface area contributed by atoms with Crippen molar-refractivity contribution >= 4 is 23.0 Å². The molecule has 0 aliphatic heterocycles. The van der Waals surface area contributed by atoms with Gasteiger partial charge in [-0.05, 0) is 68.2 Å². The fraction of sp³-hybridized carbons (Fsp3) is 0.368. The third-order valence-electron chi connectivity index (χ3n) is 4.61. The van der Waals surface area contributed by atoms with E-state index in [-0.39, 0.29) is 5.54 Å². The summed E-state index contributed by atoms with van der Waals surface area (Å²) >= 11 is 5.60. The van der Waals surface area contributed by atoms with E-state index in [1.807, 2.05) is 18.3 Å². The quantitative estimate of drug-likeness (QED) is 0.817. The molecule has 1 heterocycles. The Morgan fingerprint density at radius 3 is 2.61 bits per heavy atom. The normalized spacial score (nSPS) is 16.1. The minimum atomic E-state index is -0.136. The number of aryl methyl sites for hydroxylation is 2. The van der Waals surface area contributed by atoms with Gasteiger partial charge in [0.1, 0.15) is 0 Å². The fourth-order valence-corrected chi connectivity index (χ4v) is 3.62. The van der Waals surface area contributed by atoms with Gasteiger partial charge in [0.2, 0.25) is 0 Å². The van der Waals surface area contributed by atoms with Crippen LogP contribution in [0.25, 0.3) is 0 Å². The lowest BCUT2D eigenvalue weighted by Crippen LogP contribution is -2.46. The average Bonchev–Trinajstić information content (AvgIpc) is 3.01. The first-order valence-corrected chi connectivity index (χ1v) is 8.58. The molecule has 0 bridgehead atoms. The van der Waals surface area contributed by atoms with Gasteiger partial charge < -0.3 is 10.6 Å². The second kappa shape index (κ2) is 6.67. The van der Waals surface area contributed by atoms with Crippen LogP contribution >= 0.6 is 12.2 Å². The van der Waals surface area contributed by atoms with Gasteiger partial charge >= 0.3 is 0 Å². The molecule has 0 spiro atoms. The summed E-state index contributed by atoms with van der Waals surface area (Å²) in [5.41, 5.74) is 4.43. The Morgan fingerprint density at radius 2 is 1.91 bits per heavy atom. The van der Waals surface area contributed by atoms with Crippen molar-refractivity contribution in [2.75, 3.05) is 5.32 Å². The molecular formula is C19H23N3S. The largest absolute Gasteiger partial charge is 0.351 e. The van der Waals surface area contributed by atoms with Crippen LogP contribution in [0, 0.1) is 13.8 Å². The third-order valence-corrected chi connectivity index (χ3v) is 4.81. The number of aromatic nitrogens is 1. The topological polar surface area (TPSA) is 37.0 Å². The monoisotopic (exact) mass is 325 g/mol. The van der Waals surface area contributed by atoms with Gasteiger partial charge in [0.05, 0.1) is 11.2 Å². The van der Waals surface area contributed by atoms with Gasteiger partial charge in [-0.3, -0.25) is 4.98 Å². The summed E-state index contributed by atoms with van der Waals surface area (Å²) in [6.07, 6.45) is 6.40. The number of pyridine rings is 1. The van der Waals surface area contributed by atoms with E-state index in [9.17, 15) is 0 Å². The lowest BCUT2D eigenvalue weighted by atomic mass is 9.93. The van der Waals surface area contributed by atoms with Crippen molar-refractivity contribution in [1.29, 1.82) is 0 Å². The predicted octanol–water partition coefficient (Wildman–Crippen LogP) is 4.45. The average molecular weight is 325 g/mol. The number of nitrogens with zero attached hydrogens (tertiary/aromatic N) is 1. The summed E-state index contributed by atoms with van der Waals surface area (Å²) in [5, 5.41) is 7.60. The zero-order valence-corrected chi connectivity index (χ0v) is 14.5. The van der Waals surface area contributed by atoms with Gasteiger partial charge in [0, 0.05) is 11.9 Å². The highest BCUT2D eigenvalue weighted by atomic mass is 32.1. The highest BCUT2D eigenvalue weighted by Gasteiger charge is 2.37. The molecule has 120 valence electrons. The first-order chi connectivity index (χ1) is 11.1. The molecule has 3 rings (SSSR count). The van der Waals surface area contributed by atoms with E-state index in [4.69, 9.17) is 12.2 Å². The van der Waals surface area contributed by atoms with Crippen molar-refractivity contribution in [1.82, 2.24) is 10.3 Å². The molecule has 1 aliphatic rings. The molecule has 1 aromatic heterocycles. The lowest BCUT2D eigenvalue weighted by molar-refractivity contribution is 0.396. The number of hydrogen-bond donors (Lipinski definition) is 2. The van der Waals surface area contributed by atoms with Gasteiger partial charge in [0.25, 0.3) is 0 Å².